The molecule has 0 atom stereocenters. The van der Waals surface area contributed by atoms with Gasteiger partial charge in [-0.05, 0) is 63.0 Å². The molecule has 0 spiro atoms. The summed E-state index contributed by atoms with van der Waals surface area (Å²) in [7, 11) is 1.46. The molecule has 0 radical (unpaired) electrons. The number of methoxy groups -OCH3 is 1. The number of hydrogen-bond donors (Lipinski definition) is 2. The first-order valence-corrected chi connectivity index (χ1v) is 12.0. The number of aromatic amines is 1. The highest BCUT2D eigenvalue weighted by molar-refractivity contribution is 5.69. The van der Waals surface area contributed by atoms with Gasteiger partial charge in [-0.25, -0.2) is 4.98 Å². The molecule has 2 aromatic rings. The zero-order valence-corrected chi connectivity index (χ0v) is 19.5. The Balaban J connectivity index is 1.42. The standard InChI is InChI=1S/C25H39N5O2/c1-32-25(31)11-18-30(17-6-5-16-29-14-3-2-4-15-29)21-23-9-7-22(8-10-23)19-26-20-24-27-12-13-28-24/h7-10,12-13,26H,2-6,11,14-21H2,1H3,(H,27,28). The Morgan fingerprint density at radius 3 is 2.59 bits per heavy atom. The smallest absolute Gasteiger partial charge is 0.306 e. The Labute approximate surface area is 192 Å². The van der Waals surface area contributed by atoms with Crippen LogP contribution in [0.1, 0.15) is 55.5 Å². The fourth-order valence-corrected chi connectivity index (χ4v) is 4.22. The molecule has 0 aliphatic carbocycles. The minimum absolute atomic E-state index is 0.138. The highest BCUT2D eigenvalue weighted by atomic mass is 16.5. The second-order valence-electron chi connectivity index (χ2n) is 8.67. The van der Waals surface area contributed by atoms with Crippen molar-refractivity contribution in [3.05, 3.63) is 53.6 Å². The molecule has 1 aromatic heterocycles. The number of likely N-dealkylation sites (tertiary alicyclic amines) is 1. The van der Waals surface area contributed by atoms with Crippen LogP contribution in [0, 0.1) is 0 Å². The van der Waals surface area contributed by atoms with E-state index in [1.54, 1.807) is 6.20 Å². The molecule has 0 saturated carbocycles. The van der Waals surface area contributed by atoms with Crippen molar-refractivity contribution < 1.29 is 9.53 Å². The summed E-state index contributed by atoms with van der Waals surface area (Å²) in [6, 6.07) is 8.75. The van der Waals surface area contributed by atoms with Crippen molar-refractivity contribution in [2.75, 3.05) is 39.8 Å². The number of ether oxygens (including phenoxy) is 1. The maximum absolute atomic E-state index is 11.7. The number of nitrogens with one attached hydrogen (secondary N) is 2. The number of esters is 1. The van der Waals surface area contributed by atoms with Crippen molar-refractivity contribution in [2.24, 2.45) is 0 Å². The molecule has 2 heterocycles. The minimum atomic E-state index is -0.138. The van der Waals surface area contributed by atoms with Crippen LogP contribution in [0.3, 0.4) is 0 Å². The van der Waals surface area contributed by atoms with Gasteiger partial charge in [0.15, 0.2) is 0 Å². The molecule has 32 heavy (non-hydrogen) atoms. The van der Waals surface area contributed by atoms with Crippen LogP contribution in [-0.4, -0.2) is 65.6 Å². The molecule has 7 heteroatoms. The number of unbranched alkanes of at least 4 members (excludes halogenated alkanes) is 1. The summed E-state index contributed by atoms with van der Waals surface area (Å²) in [5.74, 6) is 0.810. The Bertz CT molecular complexity index is 757. The maximum atomic E-state index is 11.7. The number of carbonyl (C=O) groups excluding carboxylic acids is 1. The second kappa shape index (κ2) is 14.0. The molecular weight excluding hydrogens is 402 g/mol. The van der Waals surface area contributed by atoms with Crippen LogP contribution in [0.15, 0.2) is 36.7 Å². The van der Waals surface area contributed by atoms with Crippen molar-refractivity contribution in [2.45, 2.75) is 58.2 Å². The molecule has 1 saturated heterocycles. The number of hydrogen-bond acceptors (Lipinski definition) is 6. The fourth-order valence-electron chi connectivity index (χ4n) is 4.22. The van der Waals surface area contributed by atoms with Crippen LogP contribution in [0.25, 0.3) is 0 Å². The normalized spacial score (nSPS) is 14.7. The van der Waals surface area contributed by atoms with Gasteiger partial charge in [0.25, 0.3) is 0 Å². The van der Waals surface area contributed by atoms with E-state index in [0.717, 1.165) is 45.0 Å². The first-order chi connectivity index (χ1) is 15.7. The number of piperidine rings is 1. The van der Waals surface area contributed by atoms with Crippen LogP contribution >= 0.6 is 0 Å². The third kappa shape index (κ3) is 9.10. The molecule has 0 bridgehead atoms. The molecule has 1 aliphatic rings. The van der Waals surface area contributed by atoms with E-state index in [1.807, 2.05) is 6.20 Å². The van der Waals surface area contributed by atoms with Crippen LogP contribution < -0.4 is 5.32 Å². The zero-order chi connectivity index (χ0) is 22.4. The highest BCUT2D eigenvalue weighted by Crippen LogP contribution is 2.12. The van der Waals surface area contributed by atoms with Crippen molar-refractivity contribution in [3.8, 4) is 0 Å². The Kier molecular flexibility index (Phi) is 10.7. The first-order valence-electron chi connectivity index (χ1n) is 12.0. The monoisotopic (exact) mass is 441 g/mol. The summed E-state index contributed by atoms with van der Waals surface area (Å²) in [6.45, 7) is 7.87. The molecule has 1 aliphatic heterocycles. The zero-order valence-electron chi connectivity index (χ0n) is 19.5. The summed E-state index contributed by atoms with van der Waals surface area (Å²) in [5, 5.41) is 3.41. The lowest BCUT2D eigenvalue weighted by Crippen LogP contribution is -2.32. The maximum Gasteiger partial charge on any atom is 0.306 e. The number of nitrogens with zero attached hydrogens (tertiary/aromatic N) is 3. The molecular formula is C25H39N5O2. The quantitative estimate of drug-likeness (QED) is 0.346. The molecule has 1 aromatic carbocycles. The number of carbonyl (C=O) groups is 1. The highest BCUT2D eigenvalue weighted by Gasteiger charge is 2.12. The predicted octanol–water partition coefficient (Wildman–Crippen LogP) is 3.33. The number of benzene rings is 1. The van der Waals surface area contributed by atoms with Crippen molar-refractivity contribution >= 4 is 5.97 Å². The minimum Gasteiger partial charge on any atom is -0.469 e. The van der Waals surface area contributed by atoms with E-state index >= 15 is 0 Å². The molecule has 3 rings (SSSR count). The summed E-state index contributed by atoms with van der Waals surface area (Å²) < 4.78 is 4.85. The van der Waals surface area contributed by atoms with Gasteiger partial charge in [-0.15, -0.1) is 0 Å². The summed E-state index contributed by atoms with van der Waals surface area (Å²) in [4.78, 5) is 24.0. The molecule has 0 unspecified atom stereocenters. The number of H-pyrrole nitrogens is 1. The third-order valence-electron chi connectivity index (χ3n) is 6.11. The van der Waals surface area contributed by atoms with E-state index < -0.39 is 0 Å². The summed E-state index contributed by atoms with van der Waals surface area (Å²) in [6.07, 6.45) is 10.5. The number of rotatable bonds is 14. The van der Waals surface area contributed by atoms with Gasteiger partial charge in [-0.3, -0.25) is 9.69 Å². The van der Waals surface area contributed by atoms with Crippen LogP contribution in [-0.2, 0) is 29.2 Å². The Hall–Kier alpha value is -2.22. The van der Waals surface area contributed by atoms with Crippen LogP contribution in [0.5, 0.6) is 0 Å². The van der Waals surface area contributed by atoms with Gasteiger partial charge in [-0.1, -0.05) is 30.7 Å². The van der Waals surface area contributed by atoms with Gasteiger partial charge in [0.2, 0.25) is 0 Å². The van der Waals surface area contributed by atoms with Crippen LogP contribution in [0.4, 0.5) is 0 Å². The lowest BCUT2D eigenvalue weighted by Gasteiger charge is -2.27. The van der Waals surface area contributed by atoms with E-state index in [1.165, 1.54) is 63.6 Å². The van der Waals surface area contributed by atoms with E-state index in [-0.39, 0.29) is 5.97 Å². The number of imidazole rings is 1. The molecule has 2 N–H and O–H groups in total. The lowest BCUT2D eigenvalue weighted by molar-refractivity contribution is -0.141. The predicted molar refractivity (Wildman–Crippen MR) is 127 cm³/mol. The number of aromatic nitrogens is 2. The van der Waals surface area contributed by atoms with E-state index in [2.05, 4.69) is 49.4 Å². The Morgan fingerprint density at radius 1 is 1.09 bits per heavy atom. The van der Waals surface area contributed by atoms with Gasteiger partial charge >= 0.3 is 5.97 Å². The van der Waals surface area contributed by atoms with Crippen molar-refractivity contribution in [3.63, 3.8) is 0 Å². The largest absolute Gasteiger partial charge is 0.469 e. The first kappa shape index (κ1) is 24.4. The van der Waals surface area contributed by atoms with Crippen molar-refractivity contribution in [1.82, 2.24) is 25.1 Å². The van der Waals surface area contributed by atoms with E-state index in [0.29, 0.717) is 6.42 Å². The second-order valence-corrected chi connectivity index (χ2v) is 8.67. The molecule has 0 amide bonds. The third-order valence-corrected chi connectivity index (χ3v) is 6.11. The van der Waals surface area contributed by atoms with Gasteiger partial charge in [0.1, 0.15) is 5.82 Å². The fraction of sp³-hybridized carbons (Fsp3) is 0.600. The van der Waals surface area contributed by atoms with E-state index in [9.17, 15) is 4.79 Å². The lowest BCUT2D eigenvalue weighted by atomic mass is 10.1. The average Bonchev–Trinajstić information content (AvgIpc) is 3.35. The topological polar surface area (TPSA) is 73.5 Å². The Morgan fingerprint density at radius 2 is 1.88 bits per heavy atom. The summed E-state index contributed by atoms with van der Waals surface area (Å²) >= 11 is 0. The molecule has 7 nitrogen and oxygen atoms in total. The van der Waals surface area contributed by atoms with Gasteiger partial charge < -0.3 is 19.9 Å². The van der Waals surface area contributed by atoms with Crippen molar-refractivity contribution in [1.29, 1.82) is 0 Å². The average molecular weight is 442 g/mol. The van der Waals surface area contributed by atoms with Gasteiger partial charge in [-0.2, -0.15) is 0 Å². The SMILES string of the molecule is COC(=O)CCN(CCCCN1CCCCC1)Cc1ccc(CNCc2ncc[nH]2)cc1. The van der Waals surface area contributed by atoms with Gasteiger partial charge in [0, 0.05) is 32.0 Å². The van der Waals surface area contributed by atoms with Crippen LogP contribution in [0.2, 0.25) is 0 Å². The van der Waals surface area contributed by atoms with Gasteiger partial charge in [0.05, 0.1) is 20.1 Å². The van der Waals surface area contributed by atoms with E-state index in [4.69, 9.17) is 4.74 Å². The summed E-state index contributed by atoms with van der Waals surface area (Å²) in [5.41, 5.74) is 2.53. The molecule has 176 valence electrons. The molecule has 1 fully saturated rings.